The molecule has 0 saturated carbocycles. The van der Waals surface area contributed by atoms with Gasteiger partial charge in [-0.25, -0.2) is 0 Å². The van der Waals surface area contributed by atoms with Crippen LogP contribution in [0.15, 0.2) is 18.2 Å². The average molecular weight is 486 g/mol. The van der Waals surface area contributed by atoms with Crippen LogP contribution in [0, 0.1) is 31.6 Å². The molecule has 6 atom stereocenters. The lowest BCUT2D eigenvalue weighted by Crippen LogP contribution is -2.56. The minimum atomic E-state index is -1.07. The topological polar surface area (TPSA) is 108 Å². The molecule has 192 valence electrons. The number of nitrogens with zero attached hydrogens (tertiary/aromatic N) is 1. The first kappa shape index (κ1) is 25.6. The number of rotatable bonds is 9. The summed E-state index contributed by atoms with van der Waals surface area (Å²) >= 11 is 0. The molecule has 8 heteroatoms. The number of hydrogen-bond donors (Lipinski definition) is 3. The fourth-order valence-corrected chi connectivity index (χ4v) is 6.34. The highest BCUT2D eigenvalue weighted by atomic mass is 16.5. The molecule has 2 unspecified atom stereocenters. The number of likely N-dealkylation sites (tertiary alicyclic amines) is 1. The first-order valence-electron chi connectivity index (χ1n) is 12.9. The minimum Gasteiger partial charge on any atom is -0.394 e. The lowest BCUT2D eigenvalue weighted by molar-refractivity contribution is -0.144. The van der Waals surface area contributed by atoms with Crippen molar-refractivity contribution in [2.75, 3.05) is 18.5 Å². The Balaban J connectivity index is 1.74. The molecule has 0 aromatic heterocycles. The van der Waals surface area contributed by atoms with E-state index in [4.69, 9.17) is 4.74 Å². The molecule has 1 spiro atoms. The number of aryl methyl sites for hydroxylation is 2. The van der Waals surface area contributed by atoms with Crippen molar-refractivity contribution in [3.8, 4) is 0 Å². The summed E-state index contributed by atoms with van der Waals surface area (Å²) in [6.07, 6.45) is 2.13. The van der Waals surface area contributed by atoms with Gasteiger partial charge in [0.25, 0.3) is 0 Å². The van der Waals surface area contributed by atoms with Crippen molar-refractivity contribution < 1.29 is 24.2 Å². The maximum atomic E-state index is 14.0. The summed E-state index contributed by atoms with van der Waals surface area (Å²) in [5.41, 5.74) is 1.56. The zero-order chi connectivity index (χ0) is 25.5. The third-order valence-electron chi connectivity index (χ3n) is 7.84. The van der Waals surface area contributed by atoms with Crippen LogP contribution >= 0.6 is 0 Å². The average Bonchev–Trinajstić information content (AvgIpc) is 3.45. The number of carbonyl (C=O) groups excluding carboxylic acids is 3. The molecule has 2 bridgehead atoms. The first-order valence-corrected chi connectivity index (χ1v) is 12.9. The summed E-state index contributed by atoms with van der Waals surface area (Å²) in [6.45, 7) is 10.2. The maximum Gasteiger partial charge on any atom is 0.250 e. The van der Waals surface area contributed by atoms with Gasteiger partial charge in [0.15, 0.2) is 0 Å². The van der Waals surface area contributed by atoms with Crippen molar-refractivity contribution in [2.24, 2.45) is 17.8 Å². The highest BCUT2D eigenvalue weighted by Gasteiger charge is 2.75. The van der Waals surface area contributed by atoms with Crippen LogP contribution in [0.25, 0.3) is 0 Å². The predicted octanol–water partition coefficient (Wildman–Crippen LogP) is 2.55. The summed E-state index contributed by atoms with van der Waals surface area (Å²) in [7, 11) is 0. The Morgan fingerprint density at radius 2 is 2.00 bits per heavy atom. The monoisotopic (exact) mass is 485 g/mol. The van der Waals surface area contributed by atoms with Crippen LogP contribution in [0.1, 0.15) is 57.6 Å². The molecule has 1 aromatic rings. The molecule has 3 heterocycles. The van der Waals surface area contributed by atoms with Gasteiger partial charge in [0.05, 0.1) is 30.6 Å². The molecule has 35 heavy (non-hydrogen) atoms. The van der Waals surface area contributed by atoms with Crippen LogP contribution in [-0.2, 0) is 19.1 Å². The van der Waals surface area contributed by atoms with Gasteiger partial charge in [-0.05, 0) is 62.6 Å². The van der Waals surface area contributed by atoms with Crippen molar-refractivity contribution in [1.82, 2.24) is 10.2 Å². The third kappa shape index (κ3) is 4.35. The van der Waals surface area contributed by atoms with Gasteiger partial charge >= 0.3 is 0 Å². The number of carbonyl (C=O) groups is 3. The smallest absolute Gasteiger partial charge is 0.250 e. The molecule has 3 fully saturated rings. The quantitative estimate of drug-likeness (QED) is 0.498. The van der Waals surface area contributed by atoms with Crippen LogP contribution in [0.4, 0.5) is 5.69 Å². The highest BCUT2D eigenvalue weighted by Crippen LogP contribution is 2.59. The molecule has 3 saturated heterocycles. The molecule has 3 amide bonds. The Morgan fingerprint density at radius 1 is 1.26 bits per heavy atom. The van der Waals surface area contributed by atoms with Gasteiger partial charge in [-0.2, -0.15) is 0 Å². The molecular formula is C27H39N3O5. The lowest BCUT2D eigenvalue weighted by atomic mass is 9.70. The van der Waals surface area contributed by atoms with Crippen LogP contribution in [-0.4, -0.2) is 64.7 Å². The van der Waals surface area contributed by atoms with Crippen LogP contribution in [0.2, 0.25) is 0 Å². The Morgan fingerprint density at radius 3 is 2.66 bits per heavy atom. The minimum absolute atomic E-state index is 0.184. The second-order valence-corrected chi connectivity index (χ2v) is 10.9. The molecule has 3 N–H and O–H groups in total. The van der Waals surface area contributed by atoms with Crippen molar-refractivity contribution in [2.45, 2.75) is 84.1 Å². The number of aliphatic hydroxyl groups excluding tert-OH is 1. The summed E-state index contributed by atoms with van der Waals surface area (Å²) in [5, 5.41) is 16.3. The van der Waals surface area contributed by atoms with Crippen molar-refractivity contribution in [1.29, 1.82) is 0 Å². The molecule has 8 nitrogen and oxygen atoms in total. The van der Waals surface area contributed by atoms with Gasteiger partial charge in [-0.3, -0.25) is 14.4 Å². The maximum absolute atomic E-state index is 14.0. The molecule has 1 aromatic carbocycles. The van der Waals surface area contributed by atoms with Crippen molar-refractivity contribution in [3.63, 3.8) is 0 Å². The lowest BCUT2D eigenvalue weighted by Gasteiger charge is -2.37. The van der Waals surface area contributed by atoms with Gasteiger partial charge in [-0.1, -0.05) is 32.9 Å². The number of fused-ring (bicyclic) bond motifs is 1. The van der Waals surface area contributed by atoms with Gasteiger partial charge in [0.2, 0.25) is 17.7 Å². The summed E-state index contributed by atoms with van der Waals surface area (Å²) in [4.78, 5) is 42.6. The molecule has 0 radical (unpaired) electrons. The fourth-order valence-electron chi connectivity index (χ4n) is 6.34. The summed E-state index contributed by atoms with van der Waals surface area (Å²) in [6, 6.07) is 4.40. The predicted molar refractivity (Wildman–Crippen MR) is 133 cm³/mol. The summed E-state index contributed by atoms with van der Waals surface area (Å²) < 4.78 is 6.46. The summed E-state index contributed by atoms with van der Waals surface area (Å²) in [5.74, 6) is -1.91. The number of ether oxygens (including phenoxy) is 1. The molecule has 3 aliphatic heterocycles. The number of anilines is 1. The Kier molecular flexibility index (Phi) is 7.25. The zero-order valence-corrected chi connectivity index (χ0v) is 21.5. The van der Waals surface area contributed by atoms with E-state index in [0.717, 1.165) is 17.5 Å². The van der Waals surface area contributed by atoms with E-state index in [2.05, 4.69) is 10.6 Å². The van der Waals surface area contributed by atoms with Crippen LogP contribution in [0.5, 0.6) is 0 Å². The Hall–Kier alpha value is -2.45. The Bertz CT molecular complexity index is 995. The van der Waals surface area contributed by atoms with Gasteiger partial charge in [0.1, 0.15) is 11.6 Å². The Labute approximate surface area is 207 Å². The van der Waals surface area contributed by atoms with E-state index < -0.39 is 29.5 Å². The number of hydrogen-bond acceptors (Lipinski definition) is 5. The second-order valence-electron chi connectivity index (χ2n) is 10.9. The van der Waals surface area contributed by atoms with E-state index in [1.807, 2.05) is 52.8 Å². The first-order chi connectivity index (χ1) is 16.6. The van der Waals surface area contributed by atoms with E-state index in [0.29, 0.717) is 31.5 Å². The van der Waals surface area contributed by atoms with E-state index in [-0.39, 0.29) is 36.4 Å². The van der Waals surface area contributed by atoms with E-state index in [1.54, 1.807) is 4.90 Å². The van der Waals surface area contributed by atoms with Crippen molar-refractivity contribution >= 4 is 23.4 Å². The van der Waals surface area contributed by atoms with Gasteiger partial charge in [0, 0.05) is 12.2 Å². The van der Waals surface area contributed by atoms with Crippen molar-refractivity contribution in [3.05, 3.63) is 29.3 Å². The van der Waals surface area contributed by atoms with Crippen LogP contribution in [0.3, 0.4) is 0 Å². The van der Waals surface area contributed by atoms with Crippen LogP contribution < -0.4 is 10.6 Å². The van der Waals surface area contributed by atoms with E-state index in [9.17, 15) is 19.5 Å². The highest BCUT2D eigenvalue weighted by molar-refractivity contribution is 6.04. The number of aliphatic hydroxyl groups is 1. The second kappa shape index (κ2) is 9.90. The normalized spacial score (nSPS) is 30.0. The SMILES string of the molecule is CCCNC(=O)[C@@H]1[C@@H]2CCC3(O2)C(C(=O)Nc2cc(C)ccc2C)N([C@@H](CO)CC(C)C)C(=O)[C@H]13. The number of nitrogens with one attached hydrogen (secondary N) is 2. The van der Waals surface area contributed by atoms with E-state index in [1.165, 1.54) is 0 Å². The molecule has 4 rings (SSSR count). The molecular weight excluding hydrogens is 446 g/mol. The largest absolute Gasteiger partial charge is 0.394 e. The third-order valence-corrected chi connectivity index (χ3v) is 7.84. The number of benzene rings is 1. The molecule has 3 aliphatic rings. The standard InChI is InChI=1S/C27H39N3O5/c1-6-11-28-24(32)21-20-9-10-27(35-20)22(21)26(34)30(18(14-31)12-15(2)3)23(27)25(33)29-19-13-16(4)7-8-17(19)5/h7-8,13,15,18,20-23,31H,6,9-12,14H2,1-5H3,(H,28,32)(H,29,33)/t18-,20+,21-,22+,23?,27?/m1/s1. The zero-order valence-electron chi connectivity index (χ0n) is 21.5. The fraction of sp³-hybridized carbons (Fsp3) is 0.667. The molecule has 0 aliphatic carbocycles. The van der Waals surface area contributed by atoms with Gasteiger partial charge in [-0.15, -0.1) is 0 Å². The number of amides is 3. The van der Waals surface area contributed by atoms with E-state index >= 15 is 0 Å². The van der Waals surface area contributed by atoms with Gasteiger partial charge < -0.3 is 25.4 Å².